The van der Waals surface area contributed by atoms with Crippen molar-refractivity contribution in [3.63, 3.8) is 0 Å². The van der Waals surface area contributed by atoms with Crippen LogP contribution in [0.4, 0.5) is 8.78 Å². The van der Waals surface area contributed by atoms with Crippen molar-refractivity contribution in [3.05, 3.63) is 109 Å². The maximum Gasteiger partial charge on any atom is 0.274 e. The number of nitrogens with one attached hydrogen (secondary N) is 1. The van der Waals surface area contributed by atoms with Gasteiger partial charge in [0.05, 0.1) is 16.3 Å². The number of aryl methyl sites for hydroxylation is 2. The lowest BCUT2D eigenvalue weighted by Gasteiger charge is -2.18. The summed E-state index contributed by atoms with van der Waals surface area (Å²) in [5.41, 5.74) is -0.0339. The van der Waals surface area contributed by atoms with Crippen molar-refractivity contribution in [3.8, 4) is 16.9 Å². The summed E-state index contributed by atoms with van der Waals surface area (Å²) >= 11 is 12.6. The Balaban J connectivity index is 1.57. The zero-order valence-electron chi connectivity index (χ0n) is 23.2. The molecule has 3 heterocycles. The van der Waals surface area contributed by atoms with E-state index in [1.807, 2.05) is 6.07 Å². The molecule has 1 amide bonds. The molecular formula is C28H22Cl2F2N4O2. The van der Waals surface area contributed by atoms with Gasteiger partial charge in [0.2, 0.25) is 0 Å². The third-order valence-electron chi connectivity index (χ3n) is 6.72. The second-order valence-electron chi connectivity index (χ2n) is 9.15. The lowest BCUT2D eigenvalue weighted by molar-refractivity contribution is 0.0959. The van der Waals surface area contributed by atoms with E-state index in [1.165, 1.54) is 24.5 Å². The van der Waals surface area contributed by atoms with Gasteiger partial charge in [-0.3, -0.25) is 24.1 Å². The Morgan fingerprint density at radius 3 is 2.66 bits per heavy atom. The van der Waals surface area contributed by atoms with E-state index in [0.717, 1.165) is 22.6 Å². The van der Waals surface area contributed by atoms with E-state index in [1.54, 1.807) is 31.4 Å². The number of carbonyl (C=O) groups is 1. The van der Waals surface area contributed by atoms with Gasteiger partial charge >= 0.3 is 0 Å². The summed E-state index contributed by atoms with van der Waals surface area (Å²) in [4.78, 5) is 34.1. The molecule has 1 fully saturated rings. The quantitative estimate of drug-likeness (QED) is 0.320. The van der Waals surface area contributed by atoms with E-state index in [0.29, 0.717) is 16.3 Å². The molecule has 0 radical (unpaired) electrons. The van der Waals surface area contributed by atoms with Gasteiger partial charge in [-0.2, -0.15) is 0 Å². The number of nitrogens with zero attached hydrogens (tertiary/aromatic N) is 3. The molecule has 38 heavy (non-hydrogen) atoms. The number of benzene rings is 1. The summed E-state index contributed by atoms with van der Waals surface area (Å²) < 4.78 is 54.3. The Morgan fingerprint density at radius 1 is 1.13 bits per heavy atom. The summed E-state index contributed by atoms with van der Waals surface area (Å²) in [6, 6.07) is 7.10. The molecule has 1 aliphatic carbocycles. The first-order valence-corrected chi connectivity index (χ1v) is 12.3. The van der Waals surface area contributed by atoms with Crippen LogP contribution in [0.2, 0.25) is 10.0 Å². The third-order valence-corrected chi connectivity index (χ3v) is 7.30. The summed E-state index contributed by atoms with van der Waals surface area (Å²) in [7, 11) is 0. The van der Waals surface area contributed by atoms with Crippen molar-refractivity contribution in [1.82, 2.24) is 19.9 Å². The molecule has 5 rings (SSSR count). The fraction of sp³-hybridized carbons (Fsp3) is 0.214. The zero-order chi connectivity index (χ0) is 29.8. The van der Waals surface area contributed by atoms with E-state index >= 15 is 8.78 Å². The van der Waals surface area contributed by atoms with Crippen LogP contribution < -0.4 is 10.9 Å². The summed E-state index contributed by atoms with van der Waals surface area (Å²) in [6.45, 7) is 0.330. The molecule has 0 saturated heterocycles. The van der Waals surface area contributed by atoms with Crippen LogP contribution in [0.1, 0.15) is 55.1 Å². The molecule has 0 spiro atoms. The minimum atomic E-state index is -2.85. The van der Waals surface area contributed by atoms with Crippen LogP contribution >= 0.6 is 23.2 Å². The minimum Gasteiger partial charge on any atom is -0.355 e. The Hall–Kier alpha value is -3.62. The molecule has 1 aromatic carbocycles. The number of halogens is 4. The molecule has 0 bridgehead atoms. The average molecular weight is 558 g/mol. The monoisotopic (exact) mass is 557 g/mol. The van der Waals surface area contributed by atoms with Crippen LogP contribution in [0.3, 0.4) is 0 Å². The molecule has 1 N–H and O–H groups in total. The first-order chi connectivity index (χ1) is 19.3. The largest absolute Gasteiger partial charge is 0.355 e. The van der Waals surface area contributed by atoms with Crippen LogP contribution in [-0.2, 0) is 0 Å². The van der Waals surface area contributed by atoms with Gasteiger partial charge in [-0.15, -0.1) is 0 Å². The summed E-state index contributed by atoms with van der Waals surface area (Å²) in [6.07, 6.45) is 5.27. The number of amides is 1. The van der Waals surface area contributed by atoms with Crippen LogP contribution in [0.15, 0.2) is 53.7 Å². The number of hydrogen-bond donors (Lipinski definition) is 1. The zero-order valence-corrected chi connectivity index (χ0v) is 21.7. The normalized spacial score (nSPS) is 17.9. The molecule has 2 atom stereocenters. The Bertz CT molecular complexity index is 1780. The van der Waals surface area contributed by atoms with Crippen LogP contribution in [-0.4, -0.2) is 27.4 Å². The van der Waals surface area contributed by atoms with Crippen molar-refractivity contribution >= 4 is 29.1 Å². The molecule has 4 aromatic rings. The minimum absolute atomic E-state index is 0.0411. The molecule has 1 aliphatic rings. The van der Waals surface area contributed by atoms with Crippen molar-refractivity contribution in [2.24, 2.45) is 0 Å². The van der Waals surface area contributed by atoms with Gasteiger partial charge < -0.3 is 5.32 Å². The maximum atomic E-state index is 16.1. The van der Waals surface area contributed by atoms with Crippen LogP contribution in [0.25, 0.3) is 16.9 Å². The second-order valence-corrected chi connectivity index (χ2v) is 9.97. The summed E-state index contributed by atoms with van der Waals surface area (Å²) in [5.74, 6) is -3.33. The highest BCUT2D eigenvalue weighted by atomic mass is 35.5. The van der Waals surface area contributed by atoms with Gasteiger partial charge in [0.25, 0.3) is 11.5 Å². The molecular weight excluding hydrogens is 533 g/mol. The van der Waals surface area contributed by atoms with E-state index in [-0.39, 0.29) is 33.7 Å². The van der Waals surface area contributed by atoms with E-state index < -0.39 is 41.3 Å². The lowest BCUT2D eigenvalue weighted by Crippen LogP contribution is -2.24. The highest BCUT2D eigenvalue weighted by Gasteiger charge is 2.42. The predicted octanol–water partition coefficient (Wildman–Crippen LogP) is 6.13. The highest BCUT2D eigenvalue weighted by molar-refractivity contribution is 6.31. The van der Waals surface area contributed by atoms with Gasteiger partial charge in [-0.05, 0) is 73.1 Å². The van der Waals surface area contributed by atoms with Gasteiger partial charge in [0, 0.05) is 40.9 Å². The molecule has 3 aromatic heterocycles. The standard InChI is InChI=1S/C28H22Cl2F2N4O2/c1-13-10-35-25(17-5-4-6-18(23(17)31)27(37)33-3)24(32)26(13)36-14(2)7-21(22(30)28(36)38)20-9-19(20)15-8-16(29)12-34-11-15/h4-8,10-12,19-20H,9H2,1-3H3,(H,33,37)/t19-,20+/m1/s1/i3D3. The van der Waals surface area contributed by atoms with Crippen LogP contribution in [0.5, 0.6) is 0 Å². The highest BCUT2D eigenvalue weighted by Crippen LogP contribution is 2.56. The fourth-order valence-corrected chi connectivity index (χ4v) is 5.27. The van der Waals surface area contributed by atoms with Gasteiger partial charge in [0.1, 0.15) is 16.5 Å². The number of rotatable bonds is 5. The van der Waals surface area contributed by atoms with E-state index in [9.17, 15) is 9.59 Å². The lowest BCUT2D eigenvalue weighted by atomic mass is 10.0. The topological polar surface area (TPSA) is 76.9 Å². The van der Waals surface area contributed by atoms with Crippen molar-refractivity contribution in [2.45, 2.75) is 32.1 Å². The molecule has 10 heteroatoms. The van der Waals surface area contributed by atoms with Crippen LogP contribution in [0, 0.1) is 25.5 Å². The van der Waals surface area contributed by atoms with Crippen molar-refractivity contribution in [2.75, 3.05) is 6.98 Å². The SMILES string of the molecule is [2H]C([2H])([2H])NC(=O)c1cccc(-c2ncc(C)c(-n3c(C)cc([C@H]4C[C@@H]4c4cncc(Cl)c4)c(Cl)c3=O)c2F)c1F. The number of pyridine rings is 3. The van der Waals surface area contributed by atoms with E-state index in [2.05, 4.69) is 9.97 Å². The predicted molar refractivity (Wildman–Crippen MR) is 142 cm³/mol. The van der Waals surface area contributed by atoms with Gasteiger partial charge in [-0.25, -0.2) is 8.78 Å². The first-order valence-electron chi connectivity index (χ1n) is 13.1. The van der Waals surface area contributed by atoms with Crippen molar-refractivity contribution in [1.29, 1.82) is 0 Å². The smallest absolute Gasteiger partial charge is 0.274 e. The Kier molecular flexibility index (Phi) is 5.84. The fourth-order valence-electron chi connectivity index (χ4n) is 4.80. The molecule has 0 unspecified atom stereocenters. The second kappa shape index (κ2) is 9.93. The first kappa shape index (κ1) is 22.4. The van der Waals surface area contributed by atoms with Gasteiger partial charge in [-0.1, -0.05) is 29.3 Å². The van der Waals surface area contributed by atoms with Crippen molar-refractivity contribution < 1.29 is 17.7 Å². The number of aromatic nitrogens is 3. The average Bonchev–Trinajstić information content (AvgIpc) is 3.68. The maximum absolute atomic E-state index is 16.1. The molecule has 1 saturated carbocycles. The summed E-state index contributed by atoms with van der Waals surface area (Å²) in [5, 5.41) is 2.15. The molecule has 0 aliphatic heterocycles. The van der Waals surface area contributed by atoms with E-state index in [4.69, 9.17) is 27.3 Å². The number of carbonyl (C=O) groups excluding carboxylic acids is 1. The Morgan fingerprint density at radius 2 is 1.92 bits per heavy atom. The third kappa shape index (κ3) is 4.37. The van der Waals surface area contributed by atoms with Gasteiger partial charge in [0.15, 0.2) is 5.82 Å². The number of hydrogen-bond acceptors (Lipinski definition) is 4. The Labute approximate surface area is 231 Å². The molecule has 194 valence electrons. The molecule has 6 nitrogen and oxygen atoms in total.